The van der Waals surface area contributed by atoms with Gasteiger partial charge in [-0.1, -0.05) is 0 Å². The molecule has 16 heteroatoms. The lowest BCUT2D eigenvalue weighted by Gasteiger charge is -2.29. The zero-order valence-corrected chi connectivity index (χ0v) is 33.9. The van der Waals surface area contributed by atoms with Gasteiger partial charge in [0.15, 0.2) is 0 Å². The number of nitrogens with two attached hydrogens (primary N) is 1. The van der Waals surface area contributed by atoms with E-state index in [2.05, 4.69) is 25.8 Å². The average molecular weight is 739 g/mol. The number of carbonyl (C=O) groups excluding carboxylic acids is 3. The Morgan fingerprint density at radius 2 is 0.863 bits per heavy atom. The molecule has 16 nitrogen and oxygen atoms in total. The van der Waals surface area contributed by atoms with Crippen molar-refractivity contribution in [3.8, 4) is 0 Å². The monoisotopic (exact) mass is 739 g/mol. The van der Waals surface area contributed by atoms with Crippen LogP contribution in [0.5, 0.6) is 0 Å². The first-order valence-corrected chi connectivity index (χ1v) is 17.9. The topological polar surface area (TPSA) is 206 Å². The number of morpholine rings is 2. The van der Waals surface area contributed by atoms with Crippen LogP contribution in [0.2, 0.25) is 0 Å². The third kappa shape index (κ3) is 35.7. The normalized spacial score (nSPS) is 17.9. The summed E-state index contributed by atoms with van der Waals surface area (Å²) < 4.78 is 25.6. The van der Waals surface area contributed by atoms with Crippen molar-refractivity contribution in [3.63, 3.8) is 0 Å². The van der Waals surface area contributed by atoms with E-state index >= 15 is 0 Å². The molecule has 2 heterocycles. The molecule has 2 saturated heterocycles. The van der Waals surface area contributed by atoms with Crippen LogP contribution in [0, 0.1) is 0 Å². The highest BCUT2D eigenvalue weighted by Crippen LogP contribution is 2.08. The molecular formula is C35H74N6O10. The number of nitrogens with one attached hydrogen (secondary N) is 3. The Balaban J connectivity index is 0. The molecule has 2 fully saturated rings. The van der Waals surface area contributed by atoms with Crippen LogP contribution < -0.4 is 21.7 Å². The van der Waals surface area contributed by atoms with Gasteiger partial charge in [-0.15, -0.1) is 0 Å². The summed E-state index contributed by atoms with van der Waals surface area (Å²) >= 11 is 0. The summed E-state index contributed by atoms with van der Waals surface area (Å²) in [7, 11) is 0. The standard InChI is InChI=1S/C12H24N2O3.2C8H17NO3.C7H16N2O/c1-10(9-14-5-7-16-8-6-14)13-11(15)17-12(2,3)4;2*1-6(5-10)9-7(11)12-8(2,3)4;1-7(8)6-9-2-4-10-5-3-9/h10H,5-9H2,1-4H3,(H,13,15);2*6,10H,5H2,1-4H3,(H,9,11);7H,2-6,8H2,1H3/t10-;2*6-;7-/m1111/s1. The number of nitrogens with zero attached hydrogens (tertiary/aromatic N) is 2. The number of alkyl carbamates (subject to hydrolysis) is 3. The summed E-state index contributed by atoms with van der Waals surface area (Å²) in [5, 5.41) is 25.0. The molecule has 2 rings (SSSR count). The highest BCUT2D eigenvalue weighted by molar-refractivity contribution is 5.68. The van der Waals surface area contributed by atoms with Gasteiger partial charge in [0.25, 0.3) is 0 Å². The second-order valence-corrected chi connectivity index (χ2v) is 15.8. The van der Waals surface area contributed by atoms with Gasteiger partial charge in [0, 0.05) is 51.4 Å². The van der Waals surface area contributed by atoms with E-state index in [1.807, 2.05) is 34.6 Å². The zero-order chi connectivity index (χ0) is 39.8. The highest BCUT2D eigenvalue weighted by atomic mass is 16.6. The molecular weight excluding hydrogens is 664 g/mol. The molecule has 2 aliphatic heterocycles. The maximum absolute atomic E-state index is 11.5. The third-order valence-electron chi connectivity index (χ3n) is 6.12. The number of rotatable bonds is 9. The molecule has 304 valence electrons. The molecule has 0 aromatic carbocycles. The molecule has 51 heavy (non-hydrogen) atoms. The van der Waals surface area contributed by atoms with Gasteiger partial charge in [-0.05, 0) is 90.0 Å². The van der Waals surface area contributed by atoms with Gasteiger partial charge >= 0.3 is 18.3 Å². The van der Waals surface area contributed by atoms with Crippen molar-refractivity contribution in [1.29, 1.82) is 0 Å². The van der Waals surface area contributed by atoms with E-state index in [9.17, 15) is 14.4 Å². The highest BCUT2D eigenvalue weighted by Gasteiger charge is 2.20. The molecule has 7 N–H and O–H groups in total. The van der Waals surface area contributed by atoms with Crippen LogP contribution >= 0.6 is 0 Å². The lowest BCUT2D eigenvalue weighted by atomic mass is 10.2. The van der Waals surface area contributed by atoms with Gasteiger partial charge in [0.2, 0.25) is 0 Å². The van der Waals surface area contributed by atoms with Gasteiger partial charge in [-0.25, -0.2) is 14.4 Å². The van der Waals surface area contributed by atoms with Gasteiger partial charge < -0.3 is 55.6 Å². The minimum atomic E-state index is -0.496. The molecule has 0 spiro atoms. The molecule has 3 amide bonds. The molecule has 2 aliphatic rings. The lowest BCUT2D eigenvalue weighted by molar-refractivity contribution is 0.0301. The largest absolute Gasteiger partial charge is 0.444 e. The molecule has 0 radical (unpaired) electrons. The molecule has 0 bridgehead atoms. The van der Waals surface area contributed by atoms with Crippen LogP contribution in [0.15, 0.2) is 0 Å². The molecule has 0 saturated carbocycles. The summed E-state index contributed by atoms with van der Waals surface area (Å²) in [6, 6.07) is -0.152. The van der Waals surface area contributed by atoms with Crippen LogP contribution in [0.1, 0.15) is 90.0 Å². The van der Waals surface area contributed by atoms with E-state index in [-0.39, 0.29) is 43.5 Å². The van der Waals surface area contributed by atoms with Gasteiger partial charge in [0.1, 0.15) is 16.8 Å². The van der Waals surface area contributed by atoms with Crippen LogP contribution in [0.25, 0.3) is 0 Å². The van der Waals surface area contributed by atoms with Crippen molar-refractivity contribution < 1.29 is 48.3 Å². The smallest absolute Gasteiger partial charge is 0.407 e. The SMILES string of the molecule is C[C@@H](N)CN1CCOCC1.C[C@H](CN1CCOCC1)NC(=O)OC(C)(C)C.C[C@H](CO)NC(=O)OC(C)(C)C.C[C@H](CO)NC(=O)OC(C)(C)C. The van der Waals surface area contributed by atoms with Crippen molar-refractivity contribution in [1.82, 2.24) is 25.8 Å². The van der Waals surface area contributed by atoms with E-state index in [1.165, 1.54) is 0 Å². The van der Waals surface area contributed by atoms with Crippen LogP contribution in [-0.4, -0.2) is 158 Å². The van der Waals surface area contributed by atoms with Crippen LogP contribution in [0.3, 0.4) is 0 Å². The van der Waals surface area contributed by atoms with E-state index in [4.69, 9.17) is 39.6 Å². The number of amides is 3. The summed E-state index contributed by atoms with van der Waals surface area (Å²) in [4.78, 5) is 38.1. The first kappa shape index (κ1) is 50.6. The molecule has 0 aromatic rings. The fraction of sp³-hybridized carbons (Fsp3) is 0.914. The van der Waals surface area contributed by atoms with Gasteiger partial charge in [-0.2, -0.15) is 0 Å². The second-order valence-electron chi connectivity index (χ2n) is 15.8. The maximum atomic E-state index is 11.5. The minimum absolute atomic E-state index is 0.0841. The van der Waals surface area contributed by atoms with Crippen molar-refractivity contribution in [3.05, 3.63) is 0 Å². The average Bonchev–Trinajstić information content (AvgIpc) is 2.95. The predicted molar refractivity (Wildman–Crippen MR) is 199 cm³/mol. The predicted octanol–water partition coefficient (Wildman–Crippen LogP) is 2.68. The number of hydrogen-bond donors (Lipinski definition) is 6. The summed E-state index contributed by atoms with van der Waals surface area (Å²) in [5.74, 6) is 0. The van der Waals surface area contributed by atoms with E-state index in [0.29, 0.717) is 0 Å². The fourth-order valence-electron chi connectivity index (χ4n) is 4.03. The number of aliphatic hydroxyl groups excluding tert-OH is 2. The Bertz CT molecular complexity index is 890. The number of carbonyl (C=O) groups is 3. The quantitative estimate of drug-likeness (QED) is 0.189. The summed E-state index contributed by atoms with van der Waals surface area (Å²) in [6.07, 6.45) is -1.34. The van der Waals surface area contributed by atoms with Gasteiger partial charge in [-0.3, -0.25) is 9.80 Å². The Morgan fingerprint density at radius 1 is 0.588 bits per heavy atom. The van der Waals surface area contributed by atoms with Crippen LogP contribution in [-0.2, 0) is 23.7 Å². The Labute approximate surface area is 307 Å². The number of aliphatic hydroxyl groups is 2. The van der Waals surface area contributed by atoms with Gasteiger partial charge in [0.05, 0.1) is 51.7 Å². The van der Waals surface area contributed by atoms with E-state index in [1.54, 1.807) is 55.4 Å². The molecule has 0 aromatic heterocycles. The first-order valence-electron chi connectivity index (χ1n) is 17.9. The first-order chi connectivity index (χ1) is 23.4. The third-order valence-corrected chi connectivity index (χ3v) is 6.12. The number of ether oxygens (including phenoxy) is 5. The molecule has 4 atom stereocenters. The molecule has 0 unspecified atom stereocenters. The Morgan fingerprint density at radius 3 is 1.12 bits per heavy atom. The maximum Gasteiger partial charge on any atom is 0.407 e. The molecule has 0 aliphatic carbocycles. The van der Waals surface area contributed by atoms with Crippen molar-refractivity contribution in [2.45, 2.75) is 131 Å². The fourth-order valence-corrected chi connectivity index (χ4v) is 4.03. The van der Waals surface area contributed by atoms with Crippen molar-refractivity contribution in [2.24, 2.45) is 5.73 Å². The van der Waals surface area contributed by atoms with Crippen LogP contribution in [0.4, 0.5) is 14.4 Å². The van der Waals surface area contributed by atoms with E-state index < -0.39 is 29.0 Å². The van der Waals surface area contributed by atoms with E-state index in [0.717, 1.165) is 65.7 Å². The Hall–Kier alpha value is -2.47. The zero-order valence-electron chi connectivity index (χ0n) is 33.9. The minimum Gasteiger partial charge on any atom is -0.444 e. The summed E-state index contributed by atoms with van der Waals surface area (Å²) in [6.45, 7) is 32.6. The lowest BCUT2D eigenvalue weighted by Crippen LogP contribution is -2.47. The van der Waals surface area contributed by atoms with Crippen molar-refractivity contribution >= 4 is 18.3 Å². The summed E-state index contributed by atoms with van der Waals surface area (Å²) in [5.41, 5.74) is 4.23. The number of hydrogen-bond acceptors (Lipinski definition) is 13. The Kier molecular flexibility index (Phi) is 26.1. The second kappa shape index (κ2) is 26.3. The van der Waals surface area contributed by atoms with Crippen molar-refractivity contribution in [2.75, 3.05) is 78.9 Å².